The second kappa shape index (κ2) is 5.44. The molecule has 0 saturated carbocycles. The van der Waals surface area contributed by atoms with Crippen LogP contribution in [0.25, 0.3) is 0 Å². The number of carbonyl (C=O) groups excluding carboxylic acids is 1. The summed E-state index contributed by atoms with van der Waals surface area (Å²) in [5.41, 5.74) is 0. The normalized spacial score (nSPS) is 12.4. The highest BCUT2D eigenvalue weighted by molar-refractivity contribution is 5.74. The van der Waals surface area contributed by atoms with Crippen LogP contribution in [0.2, 0.25) is 0 Å². The Kier molecular flexibility index (Phi) is 4.19. The van der Waals surface area contributed by atoms with Gasteiger partial charge in [0.2, 0.25) is 0 Å². The van der Waals surface area contributed by atoms with Crippen molar-refractivity contribution in [1.82, 2.24) is 0 Å². The van der Waals surface area contributed by atoms with Gasteiger partial charge >= 0.3 is 5.97 Å². The van der Waals surface area contributed by atoms with Gasteiger partial charge in [-0.2, -0.15) is 0 Å². The predicted molar refractivity (Wildman–Crippen MR) is 49.6 cm³/mol. The lowest BCUT2D eigenvalue weighted by molar-refractivity contribution is -0.156. The molecule has 0 aromatic carbocycles. The SMILES string of the molecule is CCOC(=O)C(C)OCc1ccco1. The topological polar surface area (TPSA) is 48.7 Å². The average Bonchev–Trinajstić information content (AvgIpc) is 2.67. The lowest BCUT2D eigenvalue weighted by Crippen LogP contribution is -2.23. The number of ether oxygens (including phenoxy) is 2. The van der Waals surface area contributed by atoms with Crippen LogP contribution in [0.4, 0.5) is 0 Å². The van der Waals surface area contributed by atoms with Crippen molar-refractivity contribution in [2.75, 3.05) is 6.61 Å². The third-order valence-electron chi connectivity index (χ3n) is 1.67. The summed E-state index contributed by atoms with van der Waals surface area (Å²) in [6.07, 6.45) is 1.01. The van der Waals surface area contributed by atoms with Gasteiger partial charge in [0.05, 0.1) is 12.9 Å². The first-order valence-electron chi connectivity index (χ1n) is 4.54. The van der Waals surface area contributed by atoms with Crippen molar-refractivity contribution in [3.8, 4) is 0 Å². The molecule has 0 saturated heterocycles. The van der Waals surface area contributed by atoms with Crippen LogP contribution >= 0.6 is 0 Å². The van der Waals surface area contributed by atoms with Crippen LogP contribution in [0.1, 0.15) is 19.6 Å². The Balaban J connectivity index is 2.27. The zero-order valence-corrected chi connectivity index (χ0v) is 8.36. The van der Waals surface area contributed by atoms with E-state index in [1.165, 1.54) is 0 Å². The average molecular weight is 198 g/mol. The van der Waals surface area contributed by atoms with Crippen LogP contribution in [-0.4, -0.2) is 18.7 Å². The van der Waals surface area contributed by atoms with E-state index in [1.54, 1.807) is 32.2 Å². The molecule has 0 fully saturated rings. The van der Waals surface area contributed by atoms with Crippen molar-refractivity contribution < 1.29 is 18.7 Å². The fraction of sp³-hybridized carbons (Fsp3) is 0.500. The van der Waals surface area contributed by atoms with Crippen molar-refractivity contribution in [3.63, 3.8) is 0 Å². The molecule has 0 aliphatic heterocycles. The van der Waals surface area contributed by atoms with Crippen LogP contribution in [0.3, 0.4) is 0 Å². The highest BCUT2D eigenvalue weighted by Gasteiger charge is 2.14. The van der Waals surface area contributed by atoms with Crippen molar-refractivity contribution in [2.45, 2.75) is 26.6 Å². The summed E-state index contributed by atoms with van der Waals surface area (Å²) in [6.45, 7) is 4.07. The molecule has 1 rings (SSSR count). The van der Waals surface area contributed by atoms with E-state index < -0.39 is 6.10 Å². The largest absolute Gasteiger partial charge is 0.467 e. The smallest absolute Gasteiger partial charge is 0.334 e. The molecule has 1 atom stereocenters. The maximum Gasteiger partial charge on any atom is 0.334 e. The van der Waals surface area contributed by atoms with Gasteiger partial charge in [0.1, 0.15) is 12.4 Å². The van der Waals surface area contributed by atoms with Gasteiger partial charge in [-0.05, 0) is 26.0 Å². The van der Waals surface area contributed by atoms with Gasteiger partial charge in [0.25, 0.3) is 0 Å². The lowest BCUT2D eigenvalue weighted by atomic mass is 10.4. The molecule has 0 bridgehead atoms. The minimum absolute atomic E-state index is 0.285. The maximum absolute atomic E-state index is 11.1. The number of rotatable bonds is 5. The number of furan rings is 1. The van der Waals surface area contributed by atoms with E-state index in [0.717, 1.165) is 0 Å². The van der Waals surface area contributed by atoms with Crippen LogP contribution in [0.5, 0.6) is 0 Å². The van der Waals surface area contributed by atoms with E-state index in [-0.39, 0.29) is 12.6 Å². The monoisotopic (exact) mass is 198 g/mol. The van der Waals surface area contributed by atoms with E-state index in [0.29, 0.717) is 12.4 Å². The van der Waals surface area contributed by atoms with Crippen LogP contribution in [-0.2, 0) is 20.9 Å². The van der Waals surface area contributed by atoms with Gasteiger partial charge in [-0.3, -0.25) is 0 Å². The Morgan fingerprint density at radius 2 is 2.43 bits per heavy atom. The lowest BCUT2D eigenvalue weighted by Gasteiger charge is -2.10. The molecule has 0 radical (unpaired) electrons. The summed E-state index contributed by atoms with van der Waals surface area (Å²) < 4.78 is 15.1. The Hall–Kier alpha value is -1.29. The summed E-state index contributed by atoms with van der Waals surface area (Å²) in [4.78, 5) is 11.1. The molecule has 0 aliphatic rings. The van der Waals surface area contributed by atoms with E-state index in [1.807, 2.05) is 0 Å². The fourth-order valence-corrected chi connectivity index (χ4v) is 0.929. The molecular formula is C10H14O4. The van der Waals surface area contributed by atoms with Crippen molar-refractivity contribution in [3.05, 3.63) is 24.2 Å². The molecule has 0 amide bonds. The zero-order valence-electron chi connectivity index (χ0n) is 8.36. The second-order valence-corrected chi connectivity index (χ2v) is 2.78. The quantitative estimate of drug-likeness (QED) is 0.676. The molecule has 1 heterocycles. The Labute approximate surface area is 82.8 Å². The molecule has 1 unspecified atom stereocenters. The first kappa shape index (κ1) is 10.8. The van der Waals surface area contributed by atoms with E-state index in [4.69, 9.17) is 13.9 Å². The predicted octanol–water partition coefficient (Wildman–Crippen LogP) is 1.75. The van der Waals surface area contributed by atoms with E-state index >= 15 is 0 Å². The highest BCUT2D eigenvalue weighted by atomic mass is 16.6. The maximum atomic E-state index is 11.1. The molecule has 1 aromatic rings. The Morgan fingerprint density at radius 1 is 1.64 bits per heavy atom. The second-order valence-electron chi connectivity index (χ2n) is 2.78. The van der Waals surface area contributed by atoms with Gasteiger partial charge in [0, 0.05) is 0 Å². The summed E-state index contributed by atoms with van der Waals surface area (Å²) in [6, 6.07) is 3.56. The van der Waals surface area contributed by atoms with Gasteiger partial charge in [-0.1, -0.05) is 0 Å². The van der Waals surface area contributed by atoms with Gasteiger partial charge < -0.3 is 13.9 Å². The third-order valence-corrected chi connectivity index (χ3v) is 1.67. The first-order chi connectivity index (χ1) is 6.74. The summed E-state index contributed by atoms with van der Waals surface area (Å²) in [5, 5.41) is 0. The number of hydrogen-bond acceptors (Lipinski definition) is 4. The molecule has 78 valence electrons. The van der Waals surface area contributed by atoms with Crippen LogP contribution in [0, 0.1) is 0 Å². The third kappa shape index (κ3) is 3.22. The van der Waals surface area contributed by atoms with E-state index in [9.17, 15) is 4.79 Å². The summed E-state index contributed by atoms with van der Waals surface area (Å²) >= 11 is 0. The molecule has 0 N–H and O–H groups in total. The fourth-order valence-electron chi connectivity index (χ4n) is 0.929. The number of hydrogen-bond donors (Lipinski definition) is 0. The van der Waals surface area contributed by atoms with E-state index in [2.05, 4.69) is 0 Å². The van der Waals surface area contributed by atoms with Crippen molar-refractivity contribution >= 4 is 5.97 Å². The first-order valence-corrected chi connectivity index (χ1v) is 4.54. The molecule has 0 aliphatic carbocycles. The minimum Gasteiger partial charge on any atom is -0.467 e. The highest BCUT2D eigenvalue weighted by Crippen LogP contribution is 2.05. The molecule has 14 heavy (non-hydrogen) atoms. The van der Waals surface area contributed by atoms with Gasteiger partial charge in [0.15, 0.2) is 6.10 Å². The summed E-state index contributed by atoms with van der Waals surface area (Å²) in [5.74, 6) is 0.347. The van der Waals surface area contributed by atoms with Gasteiger partial charge in [-0.25, -0.2) is 4.79 Å². The van der Waals surface area contributed by atoms with Crippen LogP contribution < -0.4 is 0 Å². The van der Waals surface area contributed by atoms with Gasteiger partial charge in [-0.15, -0.1) is 0 Å². The Bertz CT molecular complexity index is 266. The number of carbonyl (C=O) groups is 1. The molecule has 4 heteroatoms. The van der Waals surface area contributed by atoms with Crippen molar-refractivity contribution in [1.29, 1.82) is 0 Å². The molecule has 4 nitrogen and oxygen atoms in total. The zero-order chi connectivity index (χ0) is 10.4. The molecule has 1 aromatic heterocycles. The molecule has 0 spiro atoms. The number of esters is 1. The summed E-state index contributed by atoms with van der Waals surface area (Å²) in [7, 11) is 0. The molecular weight excluding hydrogens is 184 g/mol. The minimum atomic E-state index is -0.556. The van der Waals surface area contributed by atoms with Crippen LogP contribution in [0.15, 0.2) is 22.8 Å². The van der Waals surface area contributed by atoms with Crippen molar-refractivity contribution in [2.24, 2.45) is 0 Å². The Morgan fingerprint density at radius 3 is 3.00 bits per heavy atom. The standard InChI is InChI=1S/C10H14O4/c1-3-12-10(11)8(2)14-7-9-5-4-6-13-9/h4-6,8H,3,7H2,1-2H3.